The van der Waals surface area contributed by atoms with Crippen molar-refractivity contribution in [1.82, 2.24) is 4.98 Å². The van der Waals surface area contributed by atoms with Gasteiger partial charge in [0.05, 0.1) is 11.6 Å². The van der Waals surface area contributed by atoms with E-state index < -0.39 is 0 Å². The summed E-state index contributed by atoms with van der Waals surface area (Å²) in [7, 11) is 0. The van der Waals surface area contributed by atoms with Crippen LogP contribution >= 0.6 is 15.9 Å². The molecule has 0 aliphatic rings. The number of para-hydroxylation sites is 1. The first kappa shape index (κ1) is 12.8. The van der Waals surface area contributed by atoms with Gasteiger partial charge in [-0.15, -0.1) is 0 Å². The van der Waals surface area contributed by atoms with Crippen LogP contribution in [0.4, 0.5) is 5.69 Å². The van der Waals surface area contributed by atoms with Crippen LogP contribution in [0, 0.1) is 11.3 Å². The summed E-state index contributed by atoms with van der Waals surface area (Å²) in [5.74, 6) is 0. The maximum atomic E-state index is 8.86. The zero-order valence-corrected chi connectivity index (χ0v) is 12.2. The summed E-state index contributed by atoms with van der Waals surface area (Å²) in [5, 5.41) is 13.5. The molecule has 4 heteroatoms. The number of anilines is 1. The minimum atomic E-state index is 0.648. The summed E-state index contributed by atoms with van der Waals surface area (Å²) < 4.78 is 0.899. The van der Waals surface area contributed by atoms with Gasteiger partial charge < -0.3 is 10.3 Å². The number of fused-ring (bicyclic) bond motifs is 1. The molecule has 0 atom stereocenters. The topological polar surface area (TPSA) is 51.6 Å². The maximum absolute atomic E-state index is 8.86. The molecule has 3 aromatic rings. The Morgan fingerprint density at radius 3 is 2.85 bits per heavy atom. The molecule has 20 heavy (non-hydrogen) atoms. The Morgan fingerprint density at radius 2 is 2.05 bits per heavy atom. The van der Waals surface area contributed by atoms with Gasteiger partial charge in [-0.2, -0.15) is 5.26 Å². The van der Waals surface area contributed by atoms with E-state index in [1.807, 2.05) is 36.5 Å². The molecule has 0 aliphatic carbocycles. The predicted octanol–water partition coefficient (Wildman–Crippen LogP) is 4.41. The molecule has 3 rings (SSSR count). The third kappa shape index (κ3) is 2.40. The quantitative estimate of drug-likeness (QED) is 0.749. The van der Waals surface area contributed by atoms with Crippen LogP contribution in [0.3, 0.4) is 0 Å². The first-order chi connectivity index (χ1) is 9.78. The van der Waals surface area contributed by atoms with Crippen LogP contribution in [-0.4, -0.2) is 4.98 Å². The van der Waals surface area contributed by atoms with Gasteiger partial charge in [0.25, 0.3) is 0 Å². The van der Waals surface area contributed by atoms with Crippen LogP contribution in [0.15, 0.2) is 53.1 Å². The number of hydrogen-bond acceptors (Lipinski definition) is 2. The Morgan fingerprint density at radius 1 is 1.20 bits per heavy atom. The van der Waals surface area contributed by atoms with Gasteiger partial charge in [0.2, 0.25) is 0 Å². The van der Waals surface area contributed by atoms with E-state index in [0.29, 0.717) is 5.56 Å². The van der Waals surface area contributed by atoms with E-state index >= 15 is 0 Å². The summed E-state index contributed by atoms with van der Waals surface area (Å²) in [6.45, 7) is 0.731. The lowest BCUT2D eigenvalue weighted by molar-refractivity contribution is 1.16. The van der Waals surface area contributed by atoms with Crippen molar-refractivity contribution in [2.75, 3.05) is 5.32 Å². The standard InChI is InChI=1S/C16H12BrN3/c17-14-7-11(8-18)5-6-16(14)20-10-12-9-19-15-4-2-1-3-13(12)15/h1-7,9,19-20H,10H2. The highest BCUT2D eigenvalue weighted by atomic mass is 79.9. The Balaban J connectivity index is 1.81. The van der Waals surface area contributed by atoms with Gasteiger partial charge in [-0.25, -0.2) is 0 Å². The molecule has 2 N–H and O–H groups in total. The Bertz CT molecular complexity index is 799. The Hall–Kier alpha value is -2.25. The first-order valence-electron chi connectivity index (χ1n) is 6.26. The second-order valence-electron chi connectivity index (χ2n) is 4.52. The number of rotatable bonds is 3. The van der Waals surface area contributed by atoms with Crippen molar-refractivity contribution in [3.63, 3.8) is 0 Å². The van der Waals surface area contributed by atoms with Crippen LogP contribution in [0.2, 0.25) is 0 Å². The van der Waals surface area contributed by atoms with Crippen LogP contribution in [0.25, 0.3) is 10.9 Å². The molecule has 0 aliphatic heterocycles. The first-order valence-corrected chi connectivity index (χ1v) is 7.06. The maximum Gasteiger partial charge on any atom is 0.0992 e. The van der Waals surface area contributed by atoms with Crippen molar-refractivity contribution in [2.45, 2.75) is 6.54 Å². The van der Waals surface area contributed by atoms with E-state index in [2.05, 4.69) is 44.4 Å². The van der Waals surface area contributed by atoms with E-state index in [1.165, 1.54) is 10.9 Å². The van der Waals surface area contributed by atoms with E-state index in [4.69, 9.17) is 5.26 Å². The molecular formula is C16H12BrN3. The fraction of sp³-hybridized carbons (Fsp3) is 0.0625. The molecule has 3 nitrogen and oxygen atoms in total. The van der Waals surface area contributed by atoms with Gasteiger partial charge >= 0.3 is 0 Å². The second-order valence-corrected chi connectivity index (χ2v) is 5.37. The van der Waals surface area contributed by atoms with Crippen LogP contribution in [0.1, 0.15) is 11.1 Å². The van der Waals surface area contributed by atoms with Gasteiger partial charge in [-0.1, -0.05) is 18.2 Å². The van der Waals surface area contributed by atoms with E-state index in [9.17, 15) is 0 Å². The average Bonchev–Trinajstić information content (AvgIpc) is 2.89. The zero-order valence-electron chi connectivity index (χ0n) is 10.7. The summed E-state index contributed by atoms with van der Waals surface area (Å²) in [5.41, 5.74) is 3.99. The van der Waals surface area contributed by atoms with Crippen molar-refractivity contribution in [2.24, 2.45) is 0 Å². The zero-order chi connectivity index (χ0) is 13.9. The van der Waals surface area contributed by atoms with Crippen molar-refractivity contribution in [1.29, 1.82) is 5.26 Å². The normalized spacial score (nSPS) is 10.4. The van der Waals surface area contributed by atoms with Crippen LogP contribution in [0.5, 0.6) is 0 Å². The minimum Gasteiger partial charge on any atom is -0.380 e. The Kier molecular flexibility index (Phi) is 3.44. The molecule has 0 amide bonds. The molecule has 0 unspecified atom stereocenters. The highest BCUT2D eigenvalue weighted by Crippen LogP contribution is 2.25. The average molecular weight is 326 g/mol. The second kappa shape index (κ2) is 5.40. The number of nitriles is 1. The van der Waals surface area contributed by atoms with Crippen LogP contribution < -0.4 is 5.32 Å². The molecule has 0 spiro atoms. The number of nitrogens with zero attached hydrogens (tertiary/aromatic N) is 1. The van der Waals surface area contributed by atoms with Gasteiger partial charge in [-0.3, -0.25) is 0 Å². The molecule has 2 aromatic carbocycles. The van der Waals surface area contributed by atoms with E-state index in [0.717, 1.165) is 22.2 Å². The van der Waals surface area contributed by atoms with Gasteiger partial charge in [0.1, 0.15) is 0 Å². The molecule has 0 bridgehead atoms. The number of nitrogens with one attached hydrogen (secondary N) is 2. The van der Waals surface area contributed by atoms with Gasteiger partial charge in [-0.05, 0) is 45.8 Å². The molecule has 98 valence electrons. The third-order valence-electron chi connectivity index (χ3n) is 3.24. The summed E-state index contributed by atoms with van der Waals surface area (Å²) >= 11 is 3.48. The van der Waals surface area contributed by atoms with Crippen molar-refractivity contribution in [3.05, 3.63) is 64.3 Å². The third-order valence-corrected chi connectivity index (χ3v) is 3.90. The SMILES string of the molecule is N#Cc1ccc(NCc2c[nH]c3ccccc23)c(Br)c1. The molecule has 0 saturated carbocycles. The smallest absolute Gasteiger partial charge is 0.0992 e. The summed E-state index contributed by atoms with van der Waals surface area (Å²) in [4.78, 5) is 3.26. The van der Waals surface area contributed by atoms with Crippen molar-refractivity contribution in [3.8, 4) is 6.07 Å². The number of H-pyrrole nitrogens is 1. The number of aromatic amines is 1. The molecule has 0 fully saturated rings. The predicted molar refractivity (Wildman–Crippen MR) is 84.5 cm³/mol. The van der Waals surface area contributed by atoms with Crippen molar-refractivity contribution < 1.29 is 0 Å². The molecule has 1 aromatic heterocycles. The fourth-order valence-corrected chi connectivity index (χ4v) is 2.72. The lowest BCUT2D eigenvalue weighted by Gasteiger charge is -2.08. The molecule has 1 heterocycles. The lowest BCUT2D eigenvalue weighted by atomic mass is 10.1. The summed E-state index contributed by atoms with van der Waals surface area (Å²) in [6, 6.07) is 15.9. The van der Waals surface area contributed by atoms with E-state index in [1.54, 1.807) is 0 Å². The Labute approximate surface area is 125 Å². The lowest BCUT2D eigenvalue weighted by Crippen LogP contribution is -1.99. The van der Waals surface area contributed by atoms with Gasteiger partial charge in [0.15, 0.2) is 0 Å². The van der Waals surface area contributed by atoms with Crippen LogP contribution in [-0.2, 0) is 6.54 Å². The highest BCUT2D eigenvalue weighted by molar-refractivity contribution is 9.10. The summed E-state index contributed by atoms with van der Waals surface area (Å²) in [6.07, 6.45) is 2.02. The fourth-order valence-electron chi connectivity index (χ4n) is 2.20. The molecule has 0 radical (unpaired) electrons. The largest absolute Gasteiger partial charge is 0.380 e. The monoisotopic (exact) mass is 325 g/mol. The number of benzene rings is 2. The van der Waals surface area contributed by atoms with Gasteiger partial charge in [0, 0.05) is 33.8 Å². The molecule has 0 saturated heterocycles. The number of aromatic nitrogens is 1. The minimum absolute atomic E-state index is 0.648. The molecular weight excluding hydrogens is 314 g/mol. The van der Waals surface area contributed by atoms with Crippen molar-refractivity contribution >= 4 is 32.5 Å². The highest BCUT2D eigenvalue weighted by Gasteiger charge is 2.05. The number of hydrogen-bond donors (Lipinski definition) is 2. The van der Waals surface area contributed by atoms with E-state index in [-0.39, 0.29) is 0 Å². The number of halogens is 1.